The molecule has 108 valence electrons. The summed E-state index contributed by atoms with van der Waals surface area (Å²) in [5.41, 5.74) is 2.59. The summed E-state index contributed by atoms with van der Waals surface area (Å²) >= 11 is 0. The minimum atomic E-state index is 0.342. The van der Waals surface area contributed by atoms with Gasteiger partial charge in [0, 0.05) is 44.5 Å². The van der Waals surface area contributed by atoms with Crippen molar-refractivity contribution in [2.75, 3.05) is 20.1 Å². The first kappa shape index (κ1) is 14.8. The molecule has 4 heteroatoms. The molecule has 1 heterocycles. The SMILES string of the molecule is C[C@H](NCCN(C)Cc1ccccc1)c1cnn(C)c1. The van der Waals surface area contributed by atoms with Crippen LogP contribution in [0.4, 0.5) is 0 Å². The maximum Gasteiger partial charge on any atom is 0.0537 e. The topological polar surface area (TPSA) is 33.1 Å². The largest absolute Gasteiger partial charge is 0.309 e. The normalized spacial score (nSPS) is 12.8. The van der Waals surface area contributed by atoms with E-state index in [1.807, 2.05) is 17.9 Å². The van der Waals surface area contributed by atoms with Crippen molar-refractivity contribution in [1.82, 2.24) is 20.0 Å². The maximum atomic E-state index is 4.20. The maximum absolute atomic E-state index is 4.20. The van der Waals surface area contributed by atoms with Crippen molar-refractivity contribution in [3.05, 3.63) is 53.9 Å². The summed E-state index contributed by atoms with van der Waals surface area (Å²) in [6.45, 7) is 5.16. The van der Waals surface area contributed by atoms with Crippen molar-refractivity contribution in [1.29, 1.82) is 0 Å². The third-order valence-electron chi connectivity index (χ3n) is 3.46. The van der Waals surface area contributed by atoms with E-state index in [9.17, 15) is 0 Å². The van der Waals surface area contributed by atoms with Crippen LogP contribution >= 0.6 is 0 Å². The van der Waals surface area contributed by atoms with Gasteiger partial charge in [-0.2, -0.15) is 5.10 Å². The predicted octanol–water partition coefficient (Wildman–Crippen LogP) is 2.20. The van der Waals surface area contributed by atoms with E-state index < -0.39 is 0 Å². The van der Waals surface area contributed by atoms with E-state index in [2.05, 4.69) is 65.8 Å². The quantitative estimate of drug-likeness (QED) is 0.839. The highest BCUT2D eigenvalue weighted by Gasteiger charge is 2.07. The fourth-order valence-electron chi connectivity index (χ4n) is 2.23. The zero-order chi connectivity index (χ0) is 14.4. The molecule has 2 aromatic rings. The number of rotatable bonds is 7. The second-order valence-corrected chi connectivity index (χ2v) is 5.35. The number of aromatic nitrogens is 2. The number of hydrogen-bond donors (Lipinski definition) is 1. The molecule has 0 aliphatic carbocycles. The highest BCUT2D eigenvalue weighted by molar-refractivity contribution is 5.14. The molecule has 1 aromatic carbocycles. The molecule has 20 heavy (non-hydrogen) atoms. The van der Waals surface area contributed by atoms with Crippen LogP contribution in [0.5, 0.6) is 0 Å². The van der Waals surface area contributed by atoms with Crippen LogP contribution in [0.3, 0.4) is 0 Å². The lowest BCUT2D eigenvalue weighted by atomic mass is 10.2. The van der Waals surface area contributed by atoms with E-state index in [1.165, 1.54) is 11.1 Å². The Hall–Kier alpha value is -1.65. The van der Waals surface area contributed by atoms with Crippen LogP contribution in [0.2, 0.25) is 0 Å². The molecule has 4 nitrogen and oxygen atoms in total. The van der Waals surface area contributed by atoms with Gasteiger partial charge in [0.1, 0.15) is 0 Å². The van der Waals surface area contributed by atoms with Gasteiger partial charge in [0.2, 0.25) is 0 Å². The average molecular weight is 272 g/mol. The smallest absolute Gasteiger partial charge is 0.0537 e. The number of nitrogens with zero attached hydrogens (tertiary/aromatic N) is 3. The summed E-state index contributed by atoms with van der Waals surface area (Å²) in [5, 5.41) is 7.74. The standard InChI is InChI=1S/C16H24N4/c1-14(16-11-18-20(3)13-16)17-9-10-19(2)12-15-7-5-4-6-8-15/h4-8,11,13-14,17H,9-10,12H2,1-3H3/t14-/m0/s1. The van der Waals surface area contributed by atoms with Crippen LogP contribution in [0.25, 0.3) is 0 Å². The summed E-state index contributed by atoms with van der Waals surface area (Å²) in [6, 6.07) is 10.9. The fourth-order valence-corrected chi connectivity index (χ4v) is 2.23. The van der Waals surface area contributed by atoms with Gasteiger partial charge in [0.15, 0.2) is 0 Å². The van der Waals surface area contributed by atoms with Gasteiger partial charge >= 0.3 is 0 Å². The number of hydrogen-bond acceptors (Lipinski definition) is 3. The molecule has 0 radical (unpaired) electrons. The Kier molecular flexibility index (Phi) is 5.32. The third-order valence-corrected chi connectivity index (χ3v) is 3.46. The van der Waals surface area contributed by atoms with Gasteiger partial charge in [0.25, 0.3) is 0 Å². The lowest BCUT2D eigenvalue weighted by Crippen LogP contribution is -2.30. The molecule has 0 unspecified atom stereocenters. The molecular weight excluding hydrogens is 248 g/mol. The van der Waals surface area contributed by atoms with Crippen molar-refractivity contribution >= 4 is 0 Å². The first-order chi connectivity index (χ1) is 9.65. The average Bonchev–Trinajstić information content (AvgIpc) is 2.86. The molecule has 0 aliphatic rings. The van der Waals surface area contributed by atoms with Crippen LogP contribution in [0.15, 0.2) is 42.7 Å². The second-order valence-electron chi connectivity index (χ2n) is 5.35. The molecule has 1 aromatic heterocycles. The van der Waals surface area contributed by atoms with Gasteiger partial charge in [-0.15, -0.1) is 0 Å². The number of likely N-dealkylation sites (N-methyl/N-ethyl adjacent to an activating group) is 1. The van der Waals surface area contributed by atoms with Crippen LogP contribution in [0, 0.1) is 0 Å². The molecule has 0 bridgehead atoms. The van der Waals surface area contributed by atoms with Crippen molar-refractivity contribution in [2.24, 2.45) is 7.05 Å². The molecule has 0 saturated heterocycles. The third kappa shape index (κ3) is 4.47. The van der Waals surface area contributed by atoms with Gasteiger partial charge in [0.05, 0.1) is 6.20 Å². The van der Waals surface area contributed by atoms with E-state index in [0.29, 0.717) is 6.04 Å². The van der Waals surface area contributed by atoms with E-state index in [1.54, 1.807) is 0 Å². The minimum Gasteiger partial charge on any atom is -0.309 e. The zero-order valence-electron chi connectivity index (χ0n) is 12.6. The van der Waals surface area contributed by atoms with Crippen molar-refractivity contribution in [3.8, 4) is 0 Å². The molecular formula is C16H24N4. The first-order valence-electron chi connectivity index (χ1n) is 7.09. The van der Waals surface area contributed by atoms with Gasteiger partial charge in [-0.05, 0) is 19.5 Å². The Labute approximate surface area is 121 Å². The number of aryl methyl sites for hydroxylation is 1. The summed E-state index contributed by atoms with van der Waals surface area (Å²) in [7, 11) is 4.10. The molecule has 0 fully saturated rings. The summed E-state index contributed by atoms with van der Waals surface area (Å²) in [5.74, 6) is 0. The lowest BCUT2D eigenvalue weighted by Gasteiger charge is -2.19. The van der Waals surface area contributed by atoms with Crippen molar-refractivity contribution in [2.45, 2.75) is 19.5 Å². The van der Waals surface area contributed by atoms with Crippen LogP contribution < -0.4 is 5.32 Å². The Bertz CT molecular complexity index is 506. The van der Waals surface area contributed by atoms with Crippen LogP contribution in [-0.2, 0) is 13.6 Å². The van der Waals surface area contributed by atoms with Crippen LogP contribution in [-0.4, -0.2) is 34.8 Å². The predicted molar refractivity (Wildman–Crippen MR) is 82.4 cm³/mol. The van der Waals surface area contributed by atoms with Crippen LogP contribution in [0.1, 0.15) is 24.1 Å². The monoisotopic (exact) mass is 272 g/mol. The molecule has 2 rings (SSSR count). The van der Waals surface area contributed by atoms with E-state index in [4.69, 9.17) is 0 Å². The molecule has 0 aliphatic heterocycles. The Morgan fingerprint density at radius 2 is 2.05 bits per heavy atom. The van der Waals surface area contributed by atoms with Crippen molar-refractivity contribution in [3.63, 3.8) is 0 Å². The Morgan fingerprint density at radius 1 is 1.30 bits per heavy atom. The fraction of sp³-hybridized carbons (Fsp3) is 0.438. The molecule has 0 saturated carbocycles. The molecule has 1 atom stereocenters. The summed E-state index contributed by atoms with van der Waals surface area (Å²) < 4.78 is 1.84. The first-order valence-corrected chi connectivity index (χ1v) is 7.09. The van der Waals surface area contributed by atoms with Crippen molar-refractivity contribution < 1.29 is 0 Å². The van der Waals surface area contributed by atoms with Gasteiger partial charge < -0.3 is 10.2 Å². The van der Waals surface area contributed by atoms with Gasteiger partial charge in [-0.25, -0.2) is 0 Å². The second kappa shape index (κ2) is 7.22. The highest BCUT2D eigenvalue weighted by atomic mass is 15.2. The number of benzene rings is 1. The number of nitrogens with one attached hydrogen (secondary N) is 1. The molecule has 0 spiro atoms. The van der Waals surface area contributed by atoms with E-state index in [-0.39, 0.29) is 0 Å². The highest BCUT2D eigenvalue weighted by Crippen LogP contribution is 2.09. The Balaban J connectivity index is 1.70. The molecule has 0 amide bonds. The van der Waals surface area contributed by atoms with E-state index >= 15 is 0 Å². The summed E-state index contributed by atoms with van der Waals surface area (Å²) in [4.78, 5) is 2.33. The molecule has 1 N–H and O–H groups in total. The van der Waals surface area contributed by atoms with E-state index in [0.717, 1.165) is 19.6 Å². The lowest BCUT2D eigenvalue weighted by molar-refractivity contribution is 0.319. The zero-order valence-corrected chi connectivity index (χ0v) is 12.6. The Morgan fingerprint density at radius 3 is 2.70 bits per heavy atom. The minimum absolute atomic E-state index is 0.342. The van der Waals surface area contributed by atoms with Gasteiger partial charge in [-0.1, -0.05) is 30.3 Å². The van der Waals surface area contributed by atoms with Gasteiger partial charge in [-0.3, -0.25) is 4.68 Å². The summed E-state index contributed by atoms with van der Waals surface area (Å²) in [6.07, 6.45) is 3.98.